The highest BCUT2D eigenvalue weighted by Crippen LogP contribution is 2.29. The van der Waals surface area contributed by atoms with Crippen molar-refractivity contribution in [1.29, 1.82) is 0 Å². The smallest absolute Gasteiger partial charge is 0.236 e. The maximum atomic E-state index is 12.2. The van der Waals surface area contributed by atoms with Gasteiger partial charge in [0.2, 0.25) is 5.91 Å². The van der Waals surface area contributed by atoms with E-state index >= 15 is 0 Å². The van der Waals surface area contributed by atoms with Crippen LogP contribution in [0.2, 0.25) is 0 Å². The fraction of sp³-hybridized carbons (Fsp3) is 0.588. The lowest BCUT2D eigenvalue weighted by atomic mass is 9.98. The van der Waals surface area contributed by atoms with Crippen LogP contribution < -0.4 is 10.1 Å². The summed E-state index contributed by atoms with van der Waals surface area (Å²) in [5.74, 6) is 2.41. The lowest BCUT2D eigenvalue weighted by Gasteiger charge is -2.17. The standard InChI is InChI=1S/C17H24N2O2/c1-21-16-6-4-14(5-7-16)15-8-9-19(12-15)17(20)11-18-10-13-2-3-13/h4-7,13,15,18H,2-3,8-12H2,1H3. The summed E-state index contributed by atoms with van der Waals surface area (Å²) in [6.07, 6.45) is 3.70. The van der Waals surface area contributed by atoms with E-state index in [9.17, 15) is 4.79 Å². The van der Waals surface area contributed by atoms with E-state index in [1.165, 1.54) is 18.4 Å². The van der Waals surface area contributed by atoms with Crippen molar-refractivity contribution in [1.82, 2.24) is 10.2 Å². The molecule has 1 atom stereocenters. The Morgan fingerprint density at radius 3 is 2.71 bits per heavy atom. The lowest BCUT2D eigenvalue weighted by Crippen LogP contribution is -2.37. The second-order valence-corrected chi connectivity index (χ2v) is 6.17. The van der Waals surface area contributed by atoms with Crippen LogP contribution in [0.25, 0.3) is 0 Å². The normalized spacial score (nSPS) is 21.6. The highest BCUT2D eigenvalue weighted by molar-refractivity contribution is 5.78. The molecule has 1 aliphatic carbocycles. The van der Waals surface area contributed by atoms with E-state index in [-0.39, 0.29) is 5.91 Å². The minimum atomic E-state index is 0.242. The summed E-state index contributed by atoms with van der Waals surface area (Å²) in [7, 11) is 1.68. The van der Waals surface area contributed by atoms with Crippen molar-refractivity contribution < 1.29 is 9.53 Å². The Kier molecular flexibility index (Phi) is 4.44. The highest BCUT2D eigenvalue weighted by atomic mass is 16.5. The Hall–Kier alpha value is -1.55. The minimum absolute atomic E-state index is 0.242. The van der Waals surface area contributed by atoms with E-state index in [2.05, 4.69) is 17.4 Å². The molecule has 4 nitrogen and oxygen atoms in total. The Morgan fingerprint density at radius 1 is 1.29 bits per heavy atom. The van der Waals surface area contributed by atoms with E-state index in [1.807, 2.05) is 17.0 Å². The first-order valence-electron chi connectivity index (χ1n) is 7.88. The van der Waals surface area contributed by atoms with Gasteiger partial charge in [-0.1, -0.05) is 12.1 Å². The van der Waals surface area contributed by atoms with Crippen LogP contribution in [0, 0.1) is 5.92 Å². The molecular weight excluding hydrogens is 264 g/mol. The number of methoxy groups -OCH3 is 1. The molecular formula is C17H24N2O2. The van der Waals surface area contributed by atoms with Gasteiger partial charge in [0.1, 0.15) is 5.75 Å². The number of nitrogens with one attached hydrogen (secondary N) is 1. The van der Waals surface area contributed by atoms with Gasteiger partial charge >= 0.3 is 0 Å². The first kappa shape index (κ1) is 14.4. The van der Waals surface area contributed by atoms with Crippen molar-refractivity contribution in [3.05, 3.63) is 29.8 Å². The van der Waals surface area contributed by atoms with E-state index in [0.29, 0.717) is 12.5 Å². The number of benzene rings is 1. The molecule has 1 unspecified atom stereocenters. The van der Waals surface area contributed by atoms with Crippen LogP contribution in [0.1, 0.15) is 30.7 Å². The number of amides is 1. The third-order valence-corrected chi connectivity index (χ3v) is 4.53. The molecule has 1 aromatic carbocycles. The molecule has 1 saturated heterocycles. The number of nitrogens with zero attached hydrogens (tertiary/aromatic N) is 1. The van der Waals surface area contributed by atoms with Gasteiger partial charge in [0.25, 0.3) is 0 Å². The molecule has 1 amide bonds. The molecule has 4 heteroatoms. The Labute approximate surface area is 126 Å². The van der Waals surface area contributed by atoms with Crippen molar-refractivity contribution >= 4 is 5.91 Å². The molecule has 1 heterocycles. The van der Waals surface area contributed by atoms with Crippen molar-refractivity contribution in [2.24, 2.45) is 5.92 Å². The number of carbonyl (C=O) groups is 1. The predicted octanol–water partition coefficient (Wildman–Crippen LogP) is 2.01. The summed E-state index contributed by atoms with van der Waals surface area (Å²) >= 11 is 0. The van der Waals surface area contributed by atoms with E-state index in [1.54, 1.807) is 7.11 Å². The van der Waals surface area contributed by atoms with E-state index < -0.39 is 0 Å². The number of hydrogen-bond donors (Lipinski definition) is 1. The predicted molar refractivity (Wildman–Crippen MR) is 82.5 cm³/mol. The zero-order valence-corrected chi connectivity index (χ0v) is 12.7. The first-order valence-corrected chi connectivity index (χ1v) is 7.88. The Bertz CT molecular complexity index is 482. The molecule has 2 fully saturated rings. The summed E-state index contributed by atoms with van der Waals surface area (Å²) in [6, 6.07) is 8.22. The van der Waals surface area contributed by atoms with Gasteiger partial charge in [0.15, 0.2) is 0 Å². The molecule has 1 N–H and O–H groups in total. The van der Waals surface area contributed by atoms with Crippen molar-refractivity contribution in [2.75, 3.05) is 33.3 Å². The first-order chi connectivity index (χ1) is 10.3. The minimum Gasteiger partial charge on any atom is -0.497 e. The van der Waals surface area contributed by atoms with Gasteiger partial charge in [-0.05, 0) is 49.4 Å². The lowest BCUT2D eigenvalue weighted by molar-refractivity contribution is -0.129. The summed E-state index contributed by atoms with van der Waals surface area (Å²) in [5.41, 5.74) is 1.30. The SMILES string of the molecule is COc1ccc(C2CCN(C(=O)CNCC3CC3)C2)cc1. The summed E-state index contributed by atoms with van der Waals surface area (Å²) in [4.78, 5) is 14.2. The third-order valence-electron chi connectivity index (χ3n) is 4.53. The molecule has 2 aliphatic rings. The fourth-order valence-corrected chi connectivity index (χ4v) is 2.95. The number of ether oxygens (including phenoxy) is 1. The maximum Gasteiger partial charge on any atom is 0.236 e. The summed E-state index contributed by atoms with van der Waals surface area (Å²) in [5, 5.41) is 3.29. The number of likely N-dealkylation sites (tertiary alicyclic amines) is 1. The van der Waals surface area contributed by atoms with E-state index in [4.69, 9.17) is 4.74 Å². The average molecular weight is 288 g/mol. The van der Waals surface area contributed by atoms with Crippen LogP contribution >= 0.6 is 0 Å². The van der Waals surface area contributed by atoms with Crippen LogP contribution in [-0.2, 0) is 4.79 Å². The van der Waals surface area contributed by atoms with Crippen LogP contribution in [-0.4, -0.2) is 44.1 Å². The van der Waals surface area contributed by atoms with Crippen LogP contribution in [0.5, 0.6) is 5.75 Å². The van der Waals surface area contributed by atoms with Gasteiger partial charge in [0.05, 0.1) is 13.7 Å². The quantitative estimate of drug-likeness (QED) is 0.870. The topological polar surface area (TPSA) is 41.6 Å². The zero-order chi connectivity index (χ0) is 14.7. The molecule has 0 spiro atoms. The Balaban J connectivity index is 1.47. The maximum absolute atomic E-state index is 12.2. The summed E-state index contributed by atoms with van der Waals surface area (Å²) in [6.45, 7) is 3.21. The van der Waals surface area contributed by atoms with Crippen molar-refractivity contribution in [3.63, 3.8) is 0 Å². The fourth-order valence-electron chi connectivity index (χ4n) is 2.95. The summed E-state index contributed by atoms with van der Waals surface area (Å²) < 4.78 is 5.19. The second kappa shape index (κ2) is 6.48. The van der Waals surface area contributed by atoms with Gasteiger partial charge in [-0.15, -0.1) is 0 Å². The monoisotopic (exact) mass is 288 g/mol. The molecule has 1 aromatic rings. The number of rotatable bonds is 6. The molecule has 0 bridgehead atoms. The van der Waals surface area contributed by atoms with E-state index in [0.717, 1.165) is 37.7 Å². The van der Waals surface area contributed by atoms with Crippen LogP contribution in [0.15, 0.2) is 24.3 Å². The molecule has 0 aromatic heterocycles. The van der Waals surface area contributed by atoms with Crippen molar-refractivity contribution in [3.8, 4) is 5.75 Å². The van der Waals surface area contributed by atoms with Gasteiger partial charge in [0, 0.05) is 19.0 Å². The molecule has 21 heavy (non-hydrogen) atoms. The van der Waals surface area contributed by atoms with Gasteiger partial charge < -0.3 is 15.0 Å². The van der Waals surface area contributed by atoms with Crippen LogP contribution in [0.4, 0.5) is 0 Å². The van der Waals surface area contributed by atoms with Gasteiger partial charge in [-0.3, -0.25) is 4.79 Å². The zero-order valence-electron chi connectivity index (χ0n) is 12.7. The molecule has 3 rings (SSSR count). The average Bonchev–Trinajstić information content (AvgIpc) is 3.21. The second-order valence-electron chi connectivity index (χ2n) is 6.17. The molecule has 0 radical (unpaired) electrons. The molecule has 1 saturated carbocycles. The largest absolute Gasteiger partial charge is 0.497 e. The number of carbonyl (C=O) groups excluding carboxylic acids is 1. The van der Waals surface area contributed by atoms with Gasteiger partial charge in [-0.2, -0.15) is 0 Å². The molecule has 114 valence electrons. The Morgan fingerprint density at radius 2 is 2.05 bits per heavy atom. The number of hydrogen-bond acceptors (Lipinski definition) is 3. The van der Waals surface area contributed by atoms with Gasteiger partial charge in [-0.25, -0.2) is 0 Å². The third kappa shape index (κ3) is 3.76. The molecule has 1 aliphatic heterocycles. The van der Waals surface area contributed by atoms with Crippen molar-refractivity contribution in [2.45, 2.75) is 25.2 Å². The highest BCUT2D eigenvalue weighted by Gasteiger charge is 2.27. The van der Waals surface area contributed by atoms with Crippen LogP contribution in [0.3, 0.4) is 0 Å².